The van der Waals surface area contributed by atoms with Gasteiger partial charge in [0.2, 0.25) is 11.8 Å². The van der Waals surface area contributed by atoms with Crippen LogP contribution in [0.1, 0.15) is 24.4 Å². The lowest BCUT2D eigenvalue weighted by molar-refractivity contribution is -0.131. The first-order valence-corrected chi connectivity index (χ1v) is 8.39. The number of nitrogens with zero attached hydrogens (tertiary/aromatic N) is 2. The summed E-state index contributed by atoms with van der Waals surface area (Å²) in [5.41, 5.74) is 1.05. The predicted molar refractivity (Wildman–Crippen MR) is 94.8 cm³/mol. The molecule has 0 radical (unpaired) electrons. The Morgan fingerprint density at radius 1 is 1.28 bits per heavy atom. The van der Waals surface area contributed by atoms with Crippen molar-refractivity contribution >= 4 is 11.8 Å². The van der Waals surface area contributed by atoms with E-state index in [-0.39, 0.29) is 30.9 Å². The average Bonchev–Trinajstić information content (AvgIpc) is 3.06. The van der Waals surface area contributed by atoms with E-state index in [9.17, 15) is 9.59 Å². The van der Waals surface area contributed by atoms with Gasteiger partial charge in [0.15, 0.2) is 0 Å². The Kier molecular flexibility index (Phi) is 6.64. The summed E-state index contributed by atoms with van der Waals surface area (Å²) in [6.07, 6.45) is 1.98. The number of benzene rings is 1. The summed E-state index contributed by atoms with van der Waals surface area (Å²) >= 11 is 0. The van der Waals surface area contributed by atoms with Crippen LogP contribution in [0.4, 0.5) is 0 Å². The van der Waals surface area contributed by atoms with Crippen LogP contribution in [-0.2, 0) is 9.59 Å². The number of nitrogens with one attached hydrogen (secondary N) is 1. The van der Waals surface area contributed by atoms with E-state index in [0.29, 0.717) is 0 Å². The lowest BCUT2D eigenvalue weighted by Gasteiger charge is -2.26. The van der Waals surface area contributed by atoms with E-state index in [1.807, 2.05) is 18.2 Å². The minimum atomic E-state index is -0.144. The molecule has 1 atom stereocenters. The van der Waals surface area contributed by atoms with Gasteiger partial charge in [-0.15, -0.1) is 0 Å². The second kappa shape index (κ2) is 8.71. The number of methoxy groups -OCH3 is 2. The number of hydrogen-bond donors (Lipinski definition) is 1. The number of ether oxygens (including phenoxy) is 2. The van der Waals surface area contributed by atoms with Crippen molar-refractivity contribution in [3.8, 4) is 11.5 Å². The van der Waals surface area contributed by atoms with E-state index >= 15 is 0 Å². The molecule has 1 fully saturated rings. The molecule has 1 aromatic carbocycles. The summed E-state index contributed by atoms with van der Waals surface area (Å²) < 4.78 is 10.7. The highest BCUT2D eigenvalue weighted by Gasteiger charge is 2.29. The van der Waals surface area contributed by atoms with Crippen molar-refractivity contribution in [1.29, 1.82) is 0 Å². The lowest BCUT2D eigenvalue weighted by atomic mass is 10.0. The molecule has 7 heteroatoms. The third kappa shape index (κ3) is 4.85. The van der Waals surface area contributed by atoms with Gasteiger partial charge in [0, 0.05) is 31.8 Å². The summed E-state index contributed by atoms with van der Waals surface area (Å²) in [4.78, 5) is 27.4. The maximum absolute atomic E-state index is 12.2. The molecule has 1 heterocycles. The second-order valence-corrected chi connectivity index (χ2v) is 6.30. The Hall–Kier alpha value is -2.28. The topological polar surface area (TPSA) is 71.1 Å². The first-order chi connectivity index (χ1) is 12.0. The van der Waals surface area contributed by atoms with E-state index in [1.165, 1.54) is 4.90 Å². The minimum absolute atomic E-state index is 0.0240. The zero-order chi connectivity index (χ0) is 18.4. The number of carbonyl (C=O) groups excluding carboxylic acids is 2. The maximum atomic E-state index is 12.2. The third-order valence-electron chi connectivity index (χ3n) is 4.45. The van der Waals surface area contributed by atoms with E-state index in [1.54, 1.807) is 28.3 Å². The molecular formula is C18H27N3O4. The van der Waals surface area contributed by atoms with Gasteiger partial charge in [-0.2, -0.15) is 0 Å². The molecule has 0 saturated carbocycles. The second-order valence-electron chi connectivity index (χ2n) is 6.30. The highest BCUT2D eigenvalue weighted by Crippen LogP contribution is 2.38. The molecular weight excluding hydrogens is 322 g/mol. The van der Waals surface area contributed by atoms with Crippen molar-refractivity contribution in [1.82, 2.24) is 15.1 Å². The third-order valence-corrected chi connectivity index (χ3v) is 4.45. The summed E-state index contributed by atoms with van der Waals surface area (Å²) in [5.74, 6) is 1.24. The molecule has 0 bridgehead atoms. The van der Waals surface area contributed by atoms with Crippen molar-refractivity contribution < 1.29 is 19.1 Å². The van der Waals surface area contributed by atoms with Crippen LogP contribution in [-0.4, -0.2) is 69.6 Å². The Morgan fingerprint density at radius 3 is 2.68 bits per heavy atom. The van der Waals surface area contributed by atoms with E-state index < -0.39 is 0 Å². The van der Waals surface area contributed by atoms with E-state index in [4.69, 9.17) is 9.47 Å². The lowest BCUT2D eigenvalue weighted by Crippen LogP contribution is -2.41. The van der Waals surface area contributed by atoms with E-state index in [0.717, 1.165) is 36.4 Å². The fraction of sp³-hybridized carbons (Fsp3) is 0.556. The normalized spacial score (nSPS) is 17.2. The number of amides is 2. The fourth-order valence-corrected chi connectivity index (χ4v) is 3.03. The molecule has 1 aliphatic heterocycles. The first kappa shape index (κ1) is 19.1. The molecule has 1 saturated heterocycles. The van der Waals surface area contributed by atoms with Gasteiger partial charge in [0.25, 0.3) is 0 Å². The summed E-state index contributed by atoms with van der Waals surface area (Å²) in [6.45, 7) is 1.13. The first-order valence-electron chi connectivity index (χ1n) is 8.39. The Labute approximate surface area is 148 Å². The van der Waals surface area contributed by atoms with Crippen LogP contribution >= 0.6 is 0 Å². The van der Waals surface area contributed by atoms with Crippen molar-refractivity contribution in [2.24, 2.45) is 0 Å². The molecule has 138 valence electrons. The van der Waals surface area contributed by atoms with Crippen LogP contribution in [0.5, 0.6) is 11.5 Å². The van der Waals surface area contributed by atoms with Crippen molar-refractivity contribution in [3.63, 3.8) is 0 Å². The molecule has 1 N–H and O–H groups in total. The SMILES string of the molecule is COc1ccc([C@@H]2CCCN2CC(=O)NCC(=O)N(C)C)c(OC)c1. The predicted octanol–water partition coefficient (Wildman–Crippen LogP) is 1.05. The summed E-state index contributed by atoms with van der Waals surface area (Å²) in [5, 5.41) is 2.69. The van der Waals surface area contributed by atoms with Crippen molar-refractivity contribution in [3.05, 3.63) is 23.8 Å². The highest BCUT2D eigenvalue weighted by molar-refractivity contribution is 5.85. The number of rotatable bonds is 7. The molecule has 1 aromatic rings. The van der Waals surface area contributed by atoms with Gasteiger partial charge in [0.05, 0.1) is 27.3 Å². The van der Waals surface area contributed by atoms with Gasteiger partial charge in [0.1, 0.15) is 11.5 Å². The van der Waals surface area contributed by atoms with Gasteiger partial charge < -0.3 is 19.7 Å². The quantitative estimate of drug-likeness (QED) is 0.797. The molecule has 0 aliphatic carbocycles. The van der Waals surface area contributed by atoms with Crippen LogP contribution in [0.2, 0.25) is 0 Å². The average molecular weight is 349 g/mol. The minimum Gasteiger partial charge on any atom is -0.497 e. The van der Waals surface area contributed by atoms with Gasteiger partial charge in [-0.25, -0.2) is 0 Å². The van der Waals surface area contributed by atoms with Crippen LogP contribution in [0.25, 0.3) is 0 Å². The highest BCUT2D eigenvalue weighted by atomic mass is 16.5. The molecule has 1 aliphatic rings. The van der Waals surface area contributed by atoms with Crippen LogP contribution in [0.3, 0.4) is 0 Å². The molecule has 0 unspecified atom stereocenters. The van der Waals surface area contributed by atoms with Gasteiger partial charge >= 0.3 is 0 Å². The molecule has 2 rings (SSSR count). The standard InChI is InChI=1S/C18H27N3O4/c1-20(2)18(23)11-19-17(22)12-21-9-5-6-15(21)14-8-7-13(24-3)10-16(14)25-4/h7-8,10,15H,5-6,9,11-12H2,1-4H3,(H,19,22)/t15-/m0/s1. The smallest absolute Gasteiger partial charge is 0.241 e. The summed E-state index contributed by atoms with van der Waals surface area (Å²) in [6, 6.07) is 5.89. The molecule has 7 nitrogen and oxygen atoms in total. The molecule has 25 heavy (non-hydrogen) atoms. The van der Waals surface area contributed by atoms with Crippen LogP contribution in [0, 0.1) is 0 Å². The monoisotopic (exact) mass is 349 g/mol. The fourth-order valence-electron chi connectivity index (χ4n) is 3.03. The number of likely N-dealkylation sites (N-methyl/N-ethyl adjacent to an activating group) is 1. The van der Waals surface area contributed by atoms with Crippen molar-refractivity contribution in [2.75, 3.05) is 47.9 Å². The van der Waals surface area contributed by atoms with Gasteiger partial charge in [-0.1, -0.05) is 6.07 Å². The van der Waals surface area contributed by atoms with Crippen LogP contribution < -0.4 is 14.8 Å². The number of hydrogen-bond acceptors (Lipinski definition) is 5. The summed E-state index contributed by atoms with van der Waals surface area (Å²) in [7, 11) is 6.59. The zero-order valence-electron chi connectivity index (χ0n) is 15.4. The van der Waals surface area contributed by atoms with Gasteiger partial charge in [-0.3, -0.25) is 14.5 Å². The van der Waals surface area contributed by atoms with E-state index in [2.05, 4.69) is 10.2 Å². The number of carbonyl (C=O) groups is 2. The molecule has 2 amide bonds. The molecule has 0 spiro atoms. The maximum Gasteiger partial charge on any atom is 0.241 e. The van der Waals surface area contributed by atoms with Gasteiger partial charge in [-0.05, 0) is 25.5 Å². The van der Waals surface area contributed by atoms with Crippen LogP contribution in [0.15, 0.2) is 18.2 Å². The Morgan fingerprint density at radius 2 is 2.04 bits per heavy atom. The Balaban J connectivity index is 2.03. The number of likely N-dealkylation sites (tertiary alicyclic amines) is 1. The Bertz CT molecular complexity index is 618. The largest absolute Gasteiger partial charge is 0.497 e. The van der Waals surface area contributed by atoms with Crippen molar-refractivity contribution in [2.45, 2.75) is 18.9 Å². The zero-order valence-corrected chi connectivity index (χ0v) is 15.4. The molecule has 0 aromatic heterocycles.